The van der Waals surface area contributed by atoms with E-state index < -0.39 is 4.93 Å². The lowest BCUT2D eigenvalue weighted by Crippen LogP contribution is -2.33. The Hall–Kier alpha value is -0.510. The Labute approximate surface area is 179 Å². The number of carbonyl (C=O) groups is 2. The molecule has 1 unspecified atom stereocenters. The molecule has 0 bridgehead atoms. The summed E-state index contributed by atoms with van der Waals surface area (Å²) >= 11 is 1.40. The molecule has 0 N–H and O–H groups in total. The lowest BCUT2D eigenvalue weighted by atomic mass is 10.0. The van der Waals surface area contributed by atoms with E-state index >= 15 is 0 Å². The quantitative estimate of drug-likeness (QED) is 0.0830. The van der Waals surface area contributed by atoms with Gasteiger partial charge in [-0.2, -0.15) is 0 Å². The van der Waals surface area contributed by atoms with Crippen molar-refractivity contribution >= 4 is 24.0 Å². The van der Waals surface area contributed by atoms with Crippen molar-refractivity contribution in [1.82, 2.24) is 0 Å². The van der Waals surface area contributed by atoms with Crippen molar-refractivity contribution in [2.24, 2.45) is 0 Å². The van der Waals surface area contributed by atoms with Crippen LogP contribution in [0.1, 0.15) is 130 Å². The summed E-state index contributed by atoms with van der Waals surface area (Å²) in [4.78, 5) is 22.3. The normalized spacial score (nSPS) is 13.2. The van der Waals surface area contributed by atoms with Crippen molar-refractivity contribution in [2.75, 3.05) is 5.75 Å². The van der Waals surface area contributed by atoms with Gasteiger partial charge in [0.15, 0.2) is 6.29 Å². The van der Waals surface area contributed by atoms with Crippen molar-refractivity contribution in [2.45, 2.75) is 135 Å². The van der Waals surface area contributed by atoms with Gasteiger partial charge in [-0.1, -0.05) is 111 Å². The summed E-state index contributed by atoms with van der Waals surface area (Å²) in [6, 6.07) is 0. The van der Waals surface area contributed by atoms with E-state index in [-0.39, 0.29) is 5.97 Å². The second-order valence-electron chi connectivity index (χ2n) is 7.89. The molecule has 0 aromatic carbocycles. The van der Waals surface area contributed by atoms with Crippen molar-refractivity contribution in [3.63, 3.8) is 0 Å². The van der Waals surface area contributed by atoms with Crippen LogP contribution in [0.15, 0.2) is 0 Å². The molecule has 28 heavy (non-hydrogen) atoms. The standard InChI is InChI=1S/C24H46O3S/c1-4-7-8-9-10-11-12-13-14-15-16-17-18-19-20-21-23(26)27-24(5-2,22-25)28-6-3/h22H,4-21H2,1-3H3. The van der Waals surface area contributed by atoms with E-state index in [2.05, 4.69) is 6.92 Å². The molecule has 166 valence electrons. The van der Waals surface area contributed by atoms with Gasteiger partial charge >= 0.3 is 5.97 Å². The maximum absolute atomic E-state index is 12.0. The molecule has 0 heterocycles. The molecule has 0 aliphatic heterocycles. The molecule has 0 amide bonds. The highest BCUT2D eigenvalue weighted by atomic mass is 32.2. The lowest BCUT2D eigenvalue weighted by Gasteiger charge is -2.25. The van der Waals surface area contributed by atoms with Crippen LogP contribution in [0.2, 0.25) is 0 Å². The van der Waals surface area contributed by atoms with Gasteiger partial charge in [-0.05, 0) is 12.2 Å². The van der Waals surface area contributed by atoms with Gasteiger partial charge < -0.3 is 4.74 Å². The monoisotopic (exact) mass is 414 g/mol. The first-order chi connectivity index (χ1) is 13.6. The molecular weight excluding hydrogens is 368 g/mol. The van der Waals surface area contributed by atoms with Crippen molar-refractivity contribution in [1.29, 1.82) is 0 Å². The Morgan fingerprint density at radius 1 is 0.750 bits per heavy atom. The first-order valence-electron chi connectivity index (χ1n) is 12.0. The summed E-state index contributed by atoms with van der Waals surface area (Å²) in [5.74, 6) is 0.531. The topological polar surface area (TPSA) is 43.4 Å². The second kappa shape index (κ2) is 19.8. The fourth-order valence-corrected chi connectivity index (χ4v) is 4.39. The third-order valence-electron chi connectivity index (χ3n) is 5.33. The molecule has 0 aromatic rings. The van der Waals surface area contributed by atoms with Crippen molar-refractivity contribution in [3.8, 4) is 0 Å². The molecule has 1 atom stereocenters. The van der Waals surface area contributed by atoms with Gasteiger partial charge in [0.1, 0.15) is 0 Å². The minimum atomic E-state index is -0.971. The molecule has 3 nitrogen and oxygen atoms in total. The van der Waals surface area contributed by atoms with Crippen LogP contribution < -0.4 is 0 Å². The molecule has 0 aromatic heterocycles. The maximum Gasteiger partial charge on any atom is 0.307 e. The zero-order chi connectivity index (χ0) is 20.9. The fraction of sp³-hybridized carbons (Fsp3) is 0.917. The Bertz CT molecular complexity index is 373. The van der Waals surface area contributed by atoms with Gasteiger partial charge in [0, 0.05) is 12.8 Å². The van der Waals surface area contributed by atoms with Crippen molar-refractivity contribution in [3.05, 3.63) is 0 Å². The number of aldehydes is 1. The molecule has 0 spiro atoms. The first kappa shape index (κ1) is 27.5. The molecule has 0 rings (SSSR count). The number of rotatable bonds is 21. The molecule has 4 heteroatoms. The summed E-state index contributed by atoms with van der Waals surface area (Å²) in [6.45, 7) is 6.13. The van der Waals surface area contributed by atoms with Crippen LogP contribution in [-0.2, 0) is 14.3 Å². The van der Waals surface area contributed by atoms with E-state index in [1.54, 1.807) is 0 Å². The number of thioether (sulfide) groups is 1. The highest BCUT2D eigenvalue weighted by Crippen LogP contribution is 2.29. The number of ether oxygens (including phenoxy) is 1. The largest absolute Gasteiger partial charge is 0.440 e. The van der Waals surface area contributed by atoms with E-state index in [4.69, 9.17) is 4.74 Å². The van der Waals surface area contributed by atoms with Gasteiger partial charge in [0.05, 0.1) is 0 Å². The van der Waals surface area contributed by atoms with Crippen LogP contribution in [-0.4, -0.2) is 22.9 Å². The third kappa shape index (κ3) is 15.4. The molecule has 0 fully saturated rings. The Kier molecular flexibility index (Phi) is 19.4. The molecule has 0 saturated heterocycles. The van der Waals surface area contributed by atoms with E-state index in [1.807, 2.05) is 13.8 Å². The molecular formula is C24H46O3S. The first-order valence-corrected chi connectivity index (χ1v) is 12.9. The lowest BCUT2D eigenvalue weighted by molar-refractivity contribution is -0.154. The average molecular weight is 415 g/mol. The summed E-state index contributed by atoms with van der Waals surface area (Å²) in [5.41, 5.74) is 0. The number of esters is 1. The predicted octanol–water partition coefficient (Wildman–Crippen LogP) is 7.85. The molecule has 0 aliphatic carbocycles. The Morgan fingerprint density at radius 2 is 1.18 bits per heavy atom. The number of hydrogen-bond acceptors (Lipinski definition) is 4. The fourth-order valence-electron chi connectivity index (χ4n) is 3.47. The van der Waals surface area contributed by atoms with E-state index in [1.165, 1.54) is 95.2 Å². The van der Waals surface area contributed by atoms with Gasteiger partial charge in [-0.25, -0.2) is 0 Å². The van der Waals surface area contributed by atoms with Crippen LogP contribution in [0.3, 0.4) is 0 Å². The summed E-state index contributed by atoms with van der Waals surface area (Å²) in [6.07, 6.45) is 21.4. The van der Waals surface area contributed by atoms with Crippen LogP contribution in [0.5, 0.6) is 0 Å². The zero-order valence-corrected chi connectivity index (χ0v) is 19.8. The highest BCUT2D eigenvalue weighted by Gasteiger charge is 2.31. The summed E-state index contributed by atoms with van der Waals surface area (Å²) < 4.78 is 5.45. The van der Waals surface area contributed by atoms with E-state index in [0.717, 1.165) is 24.9 Å². The summed E-state index contributed by atoms with van der Waals surface area (Å²) in [5, 5.41) is 0. The molecule has 0 saturated carbocycles. The smallest absolute Gasteiger partial charge is 0.307 e. The second-order valence-corrected chi connectivity index (χ2v) is 9.45. The zero-order valence-electron chi connectivity index (χ0n) is 18.9. The Balaban J connectivity index is 3.45. The van der Waals surface area contributed by atoms with Gasteiger partial charge in [-0.15, -0.1) is 11.8 Å². The Morgan fingerprint density at radius 3 is 1.54 bits per heavy atom. The highest BCUT2D eigenvalue weighted by molar-refractivity contribution is 8.01. The minimum absolute atomic E-state index is 0.232. The average Bonchev–Trinajstić information content (AvgIpc) is 2.70. The maximum atomic E-state index is 12.0. The van der Waals surface area contributed by atoms with E-state index in [9.17, 15) is 9.59 Å². The predicted molar refractivity (Wildman–Crippen MR) is 123 cm³/mol. The van der Waals surface area contributed by atoms with Gasteiger partial charge in [0.25, 0.3) is 0 Å². The van der Waals surface area contributed by atoms with Crippen LogP contribution >= 0.6 is 11.8 Å². The third-order valence-corrected chi connectivity index (χ3v) is 6.58. The SMILES string of the molecule is CCCCCCCCCCCCCCCCCC(=O)OC(C=O)(CC)SCC. The van der Waals surface area contributed by atoms with Crippen LogP contribution in [0.25, 0.3) is 0 Å². The van der Waals surface area contributed by atoms with E-state index in [0.29, 0.717) is 12.8 Å². The number of unbranched alkanes of at least 4 members (excludes halogenated alkanes) is 14. The van der Waals surface area contributed by atoms with Crippen LogP contribution in [0, 0.1) is 0 Å². The van der Waals surface area contributed by atoms with Gasteiger partial charge in [-0.3, -0.25) is 9.59 Å². The molecule has 0 aliphatic rings. The minimum Gasteiger partial charge on any atom is -0.440 e. The summed E-state index contributed by atoms with van der Waals surface area (Å²) in [7, 11) is 0. The molecule has 0 radical (unpaired) electrons. The van der Waals surface area contributed by atoms with Gasteiger partial charge in [0.2, 0.25) is 4.93 Å². The number of carbonyl (C=O) groups excluding carboxylic acids is 2. The number of hydrogen-bond donors (Lipinski definition) is 0. The van der Waals surface area contributed by atoms with Crippen LogP contribution in [0.4, 0.5) is 0 Å². The van der Waals surface area contributed by atoms with Crippen molar-refractivity contribution < 1.29 is 14.3 Å².